The SMILES string of the molecule is CN(C)C(=O)CN(C)S(=O)(=O)c1cc2cc(Cl)ccc2s1. The molecule has 0 saturated carbocycles. The predicted octanol–water partition coefficient (Wildman–Crippen LogP) is 2.26. The molecule has 0 bridgehead atoms. The first-order valence-electron chi connectivity index (χ1n) is 6.07. The number of hydrogen-bond donors (Lipinski definition) is 0. The van der Waals surface area contributed by atoms with E-state index in [9.17, 15) is 13.2 Å². The second-order valence-corrected chi connectivity index (χ2v) is 8.59. The molecule has 0 unspecified atom stereocenters. The average molecular weight is 347 g/mol. The number of benzene rings is 1. The molecule has 0 saturated heterocycles. The number of carbonyl (C=O) groups excluding carboxylic acids is 1. The molecular weight excluding hydrogens is 332 g/mol. The van der Waals surface area contributed by atoms with Gasteiger partial charge in [-0.1, -0.05) is 11.6 Å². The Balaban J connectivity index is 2.35. The molecule has 1 aromatic heterocycles. The van der Waals surface area contributed by atoms with E-state index < -0.39 is 10.0 Å². The van der Waals surface area contributed by atoms with Crippen molar-refractivity contribution >= 4 is 49.0 Å². The summed E-state index contributed by atoms with van der Waals surface area (Å²) in [5.41, 5.74) is 0. The number of likely N-dealkylation sites (N-methyl/N-ethyl adjacent to an activating group) is 2. The molecule has 0 N–H and O–H groups in total. The highest BCUT2D eigenvalue weighted by Crippen LogP contribution is 2.32. The highest BCUT2D eigenvalue weighted by molar-refractivity contribution is 7.91. The molecule has 2 aromatic rings. The lowest BCUT2D eigenvalue weighted by Crippen LogP contribution is -2.37. The number of halogens is 1. The number of nitrogens with zero attached hydrogens (tertiary/aromatic N) is 2. The van der Waals surface area contributed by atoms with Crippen LogP contribution in [0.2, 0.25) is 5.02 Å². The molecule has 114 valence electrons. The maximum Gasteiger partial charge on any atom is 0.252 e. The van der Waals surface area contributed by atoms with Gasteiger partial charge in [-0.3, -0.25) is 4.79 Å². The van der Waals surface area contributed by atoms with Crippen LogP contribution in [0.15, 0.2) is 28.5 Å². The van der Waals surface area contributed by atoms with Crippen LogP contribution in [0.1, 0.15) is 0 Å². The van der Waals surface area contributed by atoms with Gasteiger partial charge in [-0.15, -0.1) is 11.3 Å². The molecule has 0 radical (unpaired) electrons. The van der Waals surface area contributed by atoms with Gasteiger partial charge in [0.2, 0.25) is 5.91 Å². The van der Waals surface area contributed by atoms with E-state index in [0.29, 0.717) is 5.02 Å². The van der Waals surface area contributed by atoms with Gasteiger partial charge in [-0.2, -0.15) is 4.31 Å². The van der Waals surface area contributed by atoms with Crippen molar-refractivity contribution in [2.24, 2.45) is 0 Å². The first kappa shape index (κ1) is 16.2. The van der Waals surface area contributed by atoms with Gasteiger partial charge in [0.05, 0.1) is 6.54 Å². The Morgan fingerprint density at radius 2 is 1.90 bits per heavy atom. The summed E-state index contributed by atoms with van der Waals surface area (Å²) in [6.07, 6.45) is 0. The average Bonchev–Trinajstić information content (AvgIpc) is 2.81. The lowest BCUT2D eigenvalue weighted by molar-refractivity contribution is -0.128. The Kier molecular flexibility index (Phi) is 4.57. The van der Waals surface area contributed by atoms with Crippen molar-refractivity contribution in [3.63, 3.8) is 0 Å². The smallest absolute Gasteiger partial charge is 0.252 e. The number of hydrogen-bond acceptors (Lipinski definition) is 4. The van der Waals surface area contributed by atoms with Crippen molar-refractivity contribution in [2.75, 3.05) is 27.7 Å². The van der Waals surface area contributed by atoms with E-state index in [1.165, 1.54) is 11.9 Å². The van der Waals surface area contributed by atoms with Crippen molar-refractivity contribution in [1.82, 2.24) is 9.21 Å². The fraction of sp³-hybridized carbons (Fsp3) is 0.308. The molecule has 0 atom stereocenters. The molecule has 0 spiro atoms. The Hall–Kier alpha value is -1.15. The number of thiophene rings is 1. The minimum atomic E-state index is -3.68. The predicted molar refractivity (Wildman–Crippen MR) is 85.3 cm³/mol. The molecule has 1 heterocycles. The van der Waals surface area contributed by atoms with Crippen LogP contribution in [0, 0.1) is 0 Å². The zero-order valence-corrected chi connectivity index (χ0v) is 14.2. The van der Waals surface area contributed by atoms with Gasteiger partial charge < -0.3 is 4.90 Å². The van der Waals surface area contributed by atoms with Gasteiger partial charge in [-0.05, 0) is 29.7 Å². The number of fused-ring (bicyclic) bond motifs is 1. The summed E-state index contributed by atoms with van der Waals surface area (Å²) in [5, 5.41) is 1.33. The number of carbonyl (C=O) groups is 1. The zero-order chi connectivity index (χ0) is 15.8. The minimum Gasteiger partial charge on any atom is -0.348 e. The zero-order valence-electron chi connectivity index (χ0n) is 11.8. The van der Waals surface area contributed by atoms with E-state index in [2.05, 4.69) is 0 Å². The van der Waals surface area contributed by atoms with Crippen LogP contribution in [0.5, 0.6) is 0 Å². The molecule has 0 aliphatic carbocycles. The van der Waals surface area contributed by atoms with Crippen molar-refractivity contribution in [3.8, 4) is 0 Å². The molecule has 21 heavy (non-hydrogen) atoms. The third-order valence-electron chi connectivity index (χ3n) is 2.98. The summed E-state index contributed by atoms with van der Waals surface area (Å²) >= 11 is 7.07. The van der Waals surface area contributed by atoms with Crippen LogP contribution < -0.4 is 0 Å². The van der Waals surface area contributed by atoms with Gasteiger partial charge >= 0.3 is 0 Å². The molecule has 8 heteroatoms. The fourth-order valence-electron chi connectivity index (χ4n) is 1.69. The first-order valence-corrected chi connectivity index (χ1v) is 8.71. The summed E-state index contributed by atoms with van der Waals surface area (Å²) in [5.74, 6) is -0.273. The van der Waals surface area contributed by atoms with E-state index >= 15 is 0 Å². The Morgan fingerprint density at radius 1 is 1.24 bits per heavy atom. The summed E-state index contributed by atoms with van der Waals surface area (Å²) in [6, 6.07) is 6.80. The van der Waals surface area contributed by atoms with Crippen LogP contribution >= 0.6 is 22.9 Å². The Labute approximate surface area is 132 Å². The largest absolute Gasteiger partial charge is 0.348 e. The summed E-state index contributed by atoms with van der Waals surface area (Å²) in [4.78, 5) is 13.0. The van der Waals surface area contributed by atoms with Crippen LogP contribution in [-0.2, 0) is 14.8 Å². The molecule has 2 rings (SSSR count). The Bertz CT molecular complexity index is 784. The van der Waals surface area contributed by atoms with Crippen LogP contribution in [0.4, 0.5) is 0 Å². The normalized spacial score (nSPS) is 12.0. The second kappa shape index (κ2) is 5.92. The maximum atomic E-state index is 12.5. The van der Waals surface area contributed by atoms with E-state index in [1.54, 1.807) is 38.4 Å². The third kappa shape index (κ3) is 3.37. The molecule has 1 aromatic carbocycles. The molecule has 0 fully saturated rings. The minimum absolute atomic E-state index is 0.190. The Morgan fingerprint density at radius 3 is 2.52 bits per heavy atom. The van der Waals surface area contributed by atoms with Gasteiger partial charge in [0.1, 0.15) is 4.21 Å². The molecule has 0 aliphatic rings. The van der Waals surface area contributed by atoms with E-state index in [1.807, 2.05) is 0 Å². The standard InChI is InChI=1S/C13H15ClN2O3S2/c1-15(2)12(17)8-16(3)21(18,19)13-7-9-6-10(14)4-5-11(9)20-13/h4-7H,8H2,1-3H3. The quantitative estimate of drug-likeness (QED) is 0.853. The molecular formula is C13H15ClN2O3S2. The van der Waals surface area contributed by atoms with E-state index in [0.717, 1.165) is 25.7 Å². The number of rotatable bonds is 4. The number of amides is 1. The highest BCUT2D eigenvalue weighted by atomic mass is 35.5. The number of sulfonamides is 1. The topological polar surface area (TPSA) is 57.7 Å². The molecule has 5 nitrogen and oxygen atoms in total. The summed E-state index contributed by atoms with van der Waals surface area (Å²) < 4.78 is 27.1. The van der Waals surface area contributed by atoms with E-state index in [-0.39, 0.29) is 16.7 Å². The van der Waals surface area contributed by atoms with Gasteiger partial charge in [0, 0.05) is 30.9 Å². The highest BCUT2D eigenvalue weighted by Gasteiger charge is 2.25. The summed E-state index contributed by atoms with van der Waals surface area (Å²) in [7, 11) is 0.891. The van der Waals surface area contributed by atoms with Gasteiger partial charge in [0.25, 0.3) is 10.0 Å². The maximum absolute atomic E-state index is 12.5. The monoisotopic (exact) mass is 346 g/mol. The molecule has 1 amide bonds. The van der Waals surface area contributed by atoms with Crippen molar-refractivity contribution in [2.45, 2.75) is 4.21 Å². The van der Waals surface area contributed by atoms with Crippen LogP contribution in [0.25, 0.3) is 10.1 Å². The van der Waals surface area contributed by atoms with Crippen LogP contribution in [0.3, 0.4) is 0 Å². The van der Waals surface area contributed by atoms with Crippen molar-refractivity contribution < 1.29 is 13.2 Å². The summed E-state index contributed by atoms with van der Waals surface area (Å²) in [6.45, 7) is -0.190. The third-order valence-corrected chi connectivity index (χ3v) is 6.58. The molecule has 0 aliphatic heterocycles. The fourth-order valence-corrected chi connectivity index (χ4v) is 4.58. The van der Waals surface area contributed by atoms with Crippen molar-refractivity contribution in [1.29, 1.82) is 0 Å². The lowest BCUT2D eigenvalue weighted by atomic mass is 10.3. The lowest BCUT2D eigenvalue weighted by Gasteiger charge is -2.18. The van der Waals surface area contributed by atoms with Crippen LogP contribution in [-0.4, -0.2) is 51.2 Å². The van der Waals surface area contributed by atoms with Gasteiger partial charge in [-0.25, -0.2) is 8.42 Å². The second-order valence-electron chi connectivity index (χ2n) is 4.80. The van der Waals surface area contributed by atoms with E-state index in [4.69, 9.17) is 11.6 Å². The van der Waals surface area contributed by atoms with Crippen molar-refractivity contribution in [3.05, 3.63) is 29.3 Å². The van der Waals surface area contributed by atoms with Gasteiger partial charge in [0.15, 0.2) is 0 Å². The first-order chi connectivity index (χ1) is 9.71.